The van der Waals surface area contributed by atoms with Crippen LogP contribution in [0.2, 0.25) is 0 Å². The molecule has 1 aliphatic heterocycles. The lowest BCUT2D eigenvalue weighted by atomic mass is 9.92. The molecule has 1 saturated heterocycles. The molecule has 1 heterocycles. The number of hydrogen-bond donors (Lipinski definition) is 2. The Kier molecular flexibility index (Phi) is 4.81. The number of rotatable bonds is 2. The fourth-order valence-electron chi connectivity index (χ4n) is 3.52. The average molecular weight is 320 g/mol. The van der Waals surface area contributed by atoms with E-state index < -0.39 is 10.8 Å². The Balaban J connectivity index is 1.69. The summed E-state index contributed by atoms with van der Waals surface area (Å²) in [4.78, 5) is 12.3. The lowest BCUT2D eigenvalue weighted by molar-refractivity contribution is 0.228. The molecule has 1 aromatic carbocycles. The standard InChI is InChI=1S/C17H24N2O2S/c1-12-5-4-7-13-6-2-3-8-15(13)16(12)19-17(20)18-14-9-10-22(21)11-14/h2-3,6,8,12,14,16H,4-5,7,9-11H2,1H3,(H2,18,19,20). The molecule has 22 heavy (non-hydrogen) atoms. The van der Waals surface area contributed by atoms with E-state index >= 15 is 0 Å². The summed E-state index contributed by atoms with van der Waals surface area (Å²) in [5, 5.41) is 6.14. The Bertz CT molecular complexity index is 576. The molecule has 4 atom stereocenters. The van der Waals surface area contributed by atoms with Gasteiger partial charge in [0.15, 0.2) is 0 Å². The molecule has 5 heteroatoms. The number of aryl methyl sites for hydroxylation is 1. The SMILES string of the molecule is CC1CCCc2ccccc2C1NC(=O)NC1CCS(=O)C1. The molecule has 4 nitrogen and oxygen atoms in total. The summed E-state index contributed by atoms with van der Waals surface area (Å²) in [5.74, 6) is 1.71. The summed E-state index contributed by atoms with van der Waals surface area (Å²) in [6.07, 6.45) is 4.19. The maximum absolute atomic E-state index is 12.3. The van der Waals surface area contributed by atoms with Gasteiger partial charge in [-0.2, -0.15) is 0 Å². The van der Waals surface area contributed by atoms with Crippen molar-refractivity contribution in [1.82, 2.24) is 10.6 Å². The molecule has 1 aliphatic carbocycles. The van der Waals surface area contributed by atoms with Crippen LogP contribution in [-0.4, -0.2) is 27.8 Å². The lowest BCUT2D eigenvalue weighted by Gasteiger charge is -2.26. The van der Waals surface area contributed by atoms with Crippen LogP contribution in [0.3, 0.4) is 0 Å². The number of urea groups is 1. The third-order valence-electron chi connectivity index (χ3n) is 4.77. The fraction of sp³-hybridized carbons (Fsp3) is 0.588. The van der Waals surface area contributed by atoms with Gasteiger partial charge in [0, 0.05) is 28.3 Å². The van der Waals surface area contributed by atoms with Gasteiger partial charge >= 0.3 is 6.03 Å². The Labute approximate surface area is 134 Å². The van der Waals surface area contributed by atoms with E-state index in [1.165, 1.54) is 17.5 Å². The van der Waals surface area contributed by atoms with Gasteiger partial charge in [-0.3, -0.25) is 4.21 Å². The first kappa shape index (κ1) is 15.5. The molecular weight excluding hydrogens is 296 g/mol. The van der Waals surface area contributed by atoms with Crippen molar-refractivity contribution in [3.8, 4) is 0 Å². The van der Waals surface area contributed by atoms with Crippen LogP contribution in [0.5, 0.6) is 0 Å². The molecule has 4 unspecified atom stereocenters. The van der Waals surface area contributed by atoms with Crippen molar-refractivity contribution in [2.75, 3.05) is 11.5 Å². The second-order valence-corrected chi connectivity index (χ2v) is 8.08. The van der Waals surface area contributed by atoms with Crippen LogP contribution in [0.15, 0.2) is 24.3 Å². The van der Waals surface area contributed by atoms with Gasteiger partial charge in [0.25, 0.3) is 0 Å². The largest absolute Gasteiger partial charge is 0.334 e. The molecule has 1 fully saturated rings. The van der Waals surface area contributed by atoms with E-state index in [1.807, 2.05) is 6.07 Å². The number of carbonyl (C=O) groups is 1. The monoisotopic (exact) mass is 320 g/mol. The minimum atomic E-state index is -0.765. The Morgan fingerprint density at radius 1 is 1.23 bits per heavy atom. The third-order valence-corrected chi connectivity index (χ3v) is 6.23. The minimum Gasteiger partial charge on any atom is -0.334 e. The summed E-state index contributed by atoms with van der Waals surface area (Å²) < 4.78 is 11.4. The maximum Gasteiger partial charge on any atom is 0.315 e. The zero-order valence-electron chi connectivity index (χ0n) is 13.0. The van der Waals surface area contributed by atoms with Gasteiger partial charge in [0.2, 0.25) is 0 Å². The van der Waals surface area contributed by atoms with E-state index in [0.29, 0.717) is 17.4 Å². The topological polar surface area (TPSA) is 58.2 Å². The fourth-order valence-corrected chi connectivity index (χ4v) is 4.93. The molecule has 2 N–H and O–H groups in total. The normalized spacial score (nSPS) is 31.1. The molecule has 0 bridgehead atoms. The van der Waals surface area contributed by atoms with Crippen molar-refractivity contribution in [2.45, 2.75) is 44.7 Å². The second kappa shape index (κ2) is 6.82. The summed E-state index contributed by atoms with van der Waals surface area (Å²) in [7, 11) is -0.765. The minimum absolute atomic E-state index is 0.0529. The summed E-state index contributed by atoms with van der Waals surface area (Å²) in [6.45, 7) is 2.21. The van der Waals surface area contributed by atoms with Crippen molar-refractivity contribution in [3.63, 3.8) is 0 Å². The van der Waals surface area contributed by atoms with Crippen LogP contribution >= 0.6 is 0 Å². The lowest BCUT2D eigenvalue weighted by Crippen LogP contribution is -2.45. The van der Waals surface area contributed by atoms with Gasteiger partial charge in [-0.05, 0) is 42.7 Å². The van der Waals surface area contributed by atoms with Crippen molar-refractivity contribution in [3.05, 3.63) is 35.4 Å². The van der Waals surface area contributed by atoms with Crippen LogP contribution in [-0.2, 0) is 17.2 Å². The Morgan fingerprint density at radius 2 is 2.05 bits per heavy atom. The number of amides is 2. The smallest absolute Gasteiger partial charge is 0.315 e. The molecule has 3 rings (SSSR count). The van der Waals surface area contributed by atoms with Crippen molar-refractivity contribution in [1.29, 1.82) is 0 Å². The first-order valence-corrected chi connectivity index (χ1v) is 9.62. The molecule has 0 aromatic heterocycles. The van der Waals surface area contributed by atoms with Crippen LogP contribution in [0.25, 0.3) is 0 Å². The number of fused-ring (bicyclic) bond motifs is 1. The highest BCUT2D eigenvalue weighted by Crippen LogP contribution is 2.32. The molecule has 120 valence electrons. The second-order valence-electron chi connectivity index (χ2n) is 6.46. The van der Waals surface area contributed by atoms with Gasteiger partial charge < -0.3 is 10.6 Å². The average Bonchev–Trinajstić information content (AvgIpc) is 2.83. The summed E-state index contributed by atoms with van der Waals surface area (Å²) in [6, 6.07) is 8.40. The first-order chi connectivity index (χ1) is 10.6. The first-order valence-electron chi connectivity index (χ1n) is 8.13. The highest BCUT2D eigenvalue weighted by atomic mass is 32.2. The molecule has 2 amide bonds. The zero-order chi connectivity index (χ0) is 15.5. The van der Waals surface area contributed by atoms with Gasteiger partial charge in [0.05, 0.1) is 6.04 Å². The molecule has 0 spiro atoms. The zero-order valence-corrected chi connectivity index (χ0v) is 13.8. The van der Waals surface area contributed by atoms with Crippen LogP contribution in [0.4, 0.5) is 4.79 Å². The molecule has 0 saturated carbocycles. The van der Waals surface area contributed by atoms with Crippen molar-refractivity contribution >= 4 is 16.8 Å². The van der Waals surface area contributed by atoms with Gasteiger partial charge in [-0.25, -0.2) is 4.79 Å². The number of carbonyl (C=O) groups excluding carboxylic acids is 1. The van der Waals surface area contributed by atoms with Gasteiger partial charge in [-0.1, -0.05) is 31.2 Å². The van der Waals surface area contributed by atoms with E-state index in [1.54, 1.807) is 0 Å². The van der Waals surface area contributed by atoms with Crippen LogP contribution < -0.4 is 10.6 Å². The van der Waals surface area contributed by atoms with Crippen LogP contribution in [0.1, 0.15) is 43.4 Å². The Hall–Kier alpha value is -1.36. The summed E-state index contributed by atoms with van der Waals surface area (Å²) >= 11 is 0. The van der Waals surface area contributed by atoms with Crippen LogP contribution in [0, 0.1) is 5.92 Å². The van der Waals surface area contributed by atoms with E-state index in [0.717, 1.165) is 19.3 Å². The summed E-state index contributed by atoms with van der Waals surface area (Å²) in [5.41, 5.74) is 2.59. The molecular formula is C17H24N2O2S. The van der Waals surface area contributed by atoms with E-state index in [-0.39, 0.29) is 18.1 Å². The number of benzene rings is 1. The van der Waals surface area contributed by atoms with Crippen molar-refractivity contribution in [2.24, 2.45) is 5.92 Å². The number of nitrogens with one attached hydrogen (secondary N) is 2. The highest BCUT2D eigenvalue weighted by Gasteiger charge is 2.28. The number of hydrogen-bond acceptors (Lipinski definition) is 2. The molecule has 1 aromatic rings. The van der Waals surface area contributed by atoms with Gasteiger partial charge in [0.1, 0.15) is 0 Å². The highest BCUT2D eigenvalue weighted by molar-refractivity contribution is 7.85. The van der Waals surface area contributed by atoms with E-state index in [9.17, 15) is 9.00 Å². The van der Waals surface area contributed by atoms with Crippen molar-refractivity contribution < 1.29 is 9.00 Å². The van der Waals surface area contributed by atoms with E-state index in [2.05, 4.69) is 35.8 Å². The van der Waals surface area contributed by atoms with Gasteiger partial charge in [-0.15, -0.1) is 0 Å². The van der Waals surface area contributed by atoms with E-state index in [4.69, 9.17) is 0 Å². The Morgan fingerprint density at radius 3 is 2.82 bits per heavy atom. The predicted octanol–water partition coefficient (Wildman–Crippen LogP) is 2.52. The molecule has 0 radical (unpaired) electrons. The quantitative estimate of drug-likeness (QED) is 0.823. The maximum atomic E-state index is 12.3. The third kappa shape index (κ3) is 3.51. The molecule has 2 aliphatic rings. The predicted molar refractivity (Wildman–Crippen MR) is 89.2 cm³/mol.